The topological polar surface area (TPSA) is 121 Å². The van der Waals surface area contributed by atoms with Crippen molar-refractivity contribution in [2.45, 2.75) is 107 Å². The quantitative estimate of drug-likeness (QED) is 0.353. The first-order valence-electron chi connectivity index (χ1n) is 15.6. The number of hydrogen-bond donors (Lipinski definition) is 3. The molecule has 6 rings (SSSR count). The van der Waals surface area contributed by atoms with Crippen LogP contribution in [0.5, 0.6) is 11.5 Å². The van der Waals surface area contributed by atoms with Crippen LogP contribution >= 0.6 is 0 Å². The maximum absolute atomic E-state index is 14.1. The van der Waals surface area contributed by atoms with E-state index in [1.54, 1.807) is 21.0 Å². The van der Waals surface area contributed by atoms with Gasteiger partial charge < -0.3 is 34.3 Å². The van der Waals surface area contributed by atoms with Crippen molar-refractivity contribution in [1.82, 2.24) is 9.80 Å². The van der Waals surface area contributed by atoms with Crippen LogP contribution in [0.4, 0.5) is 0 Å². The number of carbonyl (C=O) groups is 1. The van der Waals surface area contributed by atoms with Crippen molar-refractivity contribution in [1.29, 1.82) is 0 Å². The van der Waals surface area contributed by atoms with Crippen LogP contribution in [-0.4, -0.2) is 100 Å². The summed E-state index contributed by atoms with van der Waals surface area (Å²) < 4.78 is 23.7. The van der Waals surface area contributed by atoms with Crippen LogP contribution in [0.25, 0.3) is 0 Å². The summed E-state index contributed by atoms with van der Waals surface area (Å²) in [7, 11) is 1.60. The second kappa shape index (κ2) is 11.3. The van der Waals surface area contributed by atoms with E-state index in [1.165, 1.54) is 0 Å². The molecule has 0 amide bonds. The monoisotopic (exact) mass is 586 g/mol. The summed E-state index contributed by atoms with van der Waals surface area (Å²) in [5.41, 5.74) is -1.07. The molecule has 232 valence electrons. The van der Waals surface area contributed by atoms with E-state index < -0.39 is 29.5 Å². The Balaban J connectivity index is 1.33. The Labute approximate surface area is 248 Å². The summed E-state index contributed by atoms with van der Waals surface area (Å²) in [6.45, 7) is 6.84. The highest BCUT2D eigenvalue weighted by Crippen LogP contribution is 2.55. The summed E-state index contributed by atoms with van der Waals surface area (Å²) in [6.07, 6.45) is 5.81. The van der Waals surface area contributed by atoms with Gasteiger partial charge in [-0.3, -0.25) is 9.80 Å². The van der Waals surface area contributed by atoms with Gasteiger partial charge in [-0.15, -0.1) is 0 Å². The summed E-state index contributed by atoms with van der Waals surface area (Å²) in [5.74, 6) is 0.967. The van der Waals surface area contributed by atoms with Crippen LogP contribution in [0.3, 0.4) is 0 Å². The molecule has 5 atom stereocenters. The molecular formula is C32H46N2O8. The van der Waals surface area contributed by atoms with E-state index in [-0.39, 0.29) is 31.1 Å². The molecule has 1 aromatic rings. The van der Waals surface area contributed by atoms with Crippen molar-refractivity contribution in [2.75, 3.05) is 40.1 Å². The van der Waals surface area contributed by atoms with E-state index in [2.05, 4.69) is 17.0 Å². The van der Waals surface area contributed by atoms with E-state index in [4.69, 9.17) is 18.9 Å². The number of hydrogen-bond acceptors (Lipinski definition) is 10. The Morgan fingerprint density at radius 3 is 2.55 bits per heavy atom. The molecule has 4 heterocycles. The molecule has 0 radical (unpaired) electrons. The van der Waals surface area contributed by atoms with Crippen LogP contribution in [-0.2, 0) is 20.7 Å². The Kier molecular flexibility index (Phi) is 7.98. The molecule has 1 unspecified atom stereocenters. The number of likely N-dealkylation sites (tertiary alicyclic amines) is 1. The third-order valence-corrected chi connectivity index (χ3v) is 10.0. The summed E-state index contributed by atoms with van der Waals surface area (Å²) in [5, 5.41) is 33.3. The van der Waals surface area contributed by atoms with Crippen molar-refractivity contribution in [3.63, 3.8) is 0 Å². The van der Waals surface area contributed by atoms with Gasteiger partial charge in [0.2, 0.25) is 6.79 Å². The van der Waals surface area contributed by atoms with Crippen LogP contribution < -0.4 is 9.47 Å². The first-order chi connectivity index (χ1) is 20.0. The molecule has 10 nitrogen and oxygen atoms in total. The molecule has 1 aromatic carbocycles. The number of aliphatic hydroxyl groups excluding tert-OH is 1. The minimum atomic E-state index is -1.93. The molecule has 2 saturated heterocycles. The average Bonchev–Trinajstić information content (AvgIpc) is 3.73. The van der Waals surface area contributed by atoms with Crippen LogP contribution in [0.2, 0.25) is 0 Å². The molecule has 0 aromatic heterocycles. The second-order valence-electron chi connectivity index (χ2n) is 13.4. The molecule has 10 heteroatoms. The number of ether oxygens (including phenoxy) is 4. The van der Waals surface area contributed by atoms with Crippen molar-refractivity contribution in [2.24, 2.45) is 0 Å². The largest absolute Gasteiger partial charge is 0.497 e. The number of benzene rings is 1. The summed E-state index contributed by atoms with van der Waals surface area (Å²) >= 11 is 0. The fraction of sp³-hybridized carbons (Fsp3) is 0.719. The fourth-order valence-electron chi connectivity index (χ4n) is 7.89. The van der Waals surface area contributed by atoms with Gasteiger partial charge in [0.15, 0.2) is 23.2 Å². The van der Waals surface area contributed by atoms with Gasteiger partial charge in [-0.1, -0.05) is 0 Å². The highest BCUT2D eigenvalue weighted by molar-refractivity contribution is 5.80. The van der Waals surface area contributed by atoms with E-state index in [0.717, 1.165) is 75.2 Å². The normalized spacial score (nSPS) is 29.2. The highest BCUT2D eigenvalue weighted by Gasteiger charge is 2.59. The molecule has 0 saturated carbocycles. The zero-order valence-electron chi connectivity index (χ0n) is 25.1. The van der Waals surface area contributed by atoms with Gasteiger partial charge in [0.05, 0.1) is 24.2 Å². The molecule has 4 aliphatic heterocycles. The standard InChI is InChI=1S/C32H46N2O8/c1-30(2,37)9-6-11-32(38,19-26(35)33-12-4-5-13-33)29(36)42-28-25(39-3)18-31-10-7-14-34(31)15-8-21-16-23-24(41-20-40-23)17-22(21)27(28)31/h16-18,26-28,35,37-38H,4-15,19-20H2,1-3H3/t26?,27-,28-,31+,32-/m1/s1. The SMILES string of the molecule is COC1=C[C@]23CCCN2CCc2cc4c(cc2[C@@H]3[C@@H]1OC(=O)[C@@](O)(CCCC(C)(C)O)CC(O)N1CCCC1)OCO4. The number of methoxy groups -OCH3 is 1. The number of carbonyl (C=O) groups excluding carboxylic acids is 1. The van der Waals surface area contributed by atoms with Gasteiger partial charge in [-0.05, 0) is 101 Å². The zero-order chi connectivity index (χ0) is 29.7. The van der Waals surface area contributed by atoms with E-state index >= 15 is 0 Å². The molecule has 42 heavy (non-hydrogen) atoms. The highest BCUT2D eigenvalue weighted by atomic mass is 16.7. The predicted molar refractivity (Wildman–Crippen MR) is 154 cm³/mol. The van der Waals surface area contributed by atoms with Gasteiger partial charge in [0.25, 0.3) is 0 Å². The molecule has 2 fully saturated rings. The number of rotatable bonds is 10. The number of nitrogens with zero attached hydrogens (tertiary/aromatic N) is 2. The number of fused-ring (bicyclic) bond motifs is 3. The first-order valence-corrected chi connectivity index (χ1v) is 15.6. The third kappa shape index (κ3) is 5.41. The molecule has 1 aliphatic carbocycles. The van der Waals surface area contributed by atoms with Gasteiger partial charge >= 0.3 is 5.97 Å². The first kappa shape index (κ1) is 29.7. The molecular weight excluding hydrogens is 540 g/mol. The zero-order valence-corrected chi connectivity index (χ0v) is 25.1. The average molecular weight is 587 g/mol. The lowest BCUT2D eigenvalue weighted by molar-refractivity contribution is -0.180. The molecule has 1 spiro atoms. The van der Waals surface area contributed by atoms with E-state index in [0.29, 0.717) is 24.4 Å². The summed E-state index contributed by atoms with van der Waals surface area (Å²) in [4.78, 5) is 18.5. The van der Waals surface area contributed by atoms with Gasteiger partial charge in [0, 0.05) is 26.1 Å². The van der Waals surface area contributed by atoms with Gasteiger partial charge in [-0.2, -0.15) is 0 Å². The smallest absolute Gasteiger partial charge is 0.339 e. The van der Waals surface area contributed by atoms with Crippen LogP contribution in [0.15, 0.2) is 24.0 Å². The van der Waals surface area contributed by atoms with Crippen molar-refractivity contribution in [3.05, 3.63) is 35.1 Å². The maximum atomic E-state index is 14.1. The second-order valence-corrected chi connectivity index (χ2v) is 13.4. The number of esters is 1. The summed E-state index contributed by atoms with van der Waals surface area (Å²) in [6, 6.07) is 4.09. The van der Waals surface area contributed by atoms with Crippen molar-refractivity contribution >= 4 is 5.97 Å². The Bertz CT molecular complexity index is 1210. The van der Waals surface area contributed by atoms with E-state index in [9.17, 15) is 20.1 Å². The predicted octanol–water partition coefficient (Wildman–Crippen LogP) is 2.82. The van der Waals surface area contributed by atoms with Crippen molar-refractivity contribution < 1.29 is 39.1 Å². The maximum Gasteiger partial charge on any atom is 0.339 e. The Hall–Kier alpha value is -2.37. The molecule has 3 N–H and O–H groups in total. The Morgan fingerprint density at radius 2 is 1.83 bits per heavy atom. The minimum absolute atomic E-state index is 0.0662. The lowest BCUT2D eigenvalue weighted by Crippen LogP contribution is -2.50. The van der Waals surface area contributed by atoms with Gasteiger partial charge in [-0.25, -0.2) is 4.79 Å². The lowest BCUT2D eigenvalue weighted by Gasteiger charge is -2.40. The van der Waals surface area contributed by atoms with Crippen LogP contribution in [0.1, 0.15) is 82.3 Å². The minimum Gasteiger partial charge on any atom is -0.497 e. The Morgan fingerprint density at radius 1 is 1.10 bits per heavy atom. The fourth-order valence-corrected chi connectivity index (χ4v) is 7.89. The van der Waals surface area contributed by atoms with Crippen LogP contribution in [0, 0.1) is 0 Å². The third-order valence-electron chi connectivity index (χ3n) is 10.0. The lowest BCUT2D eigenvalue weighted by atomic mass is 9.77. The van der Waals surface area contributed by atoms with E-state index in [1.807, 2.05) is 11.0 Å². The van der Waals surface area contributed by atoms with Gasteiger partial charge in [0.1, 0.15) is 12.0 Å². The molecule has 0 bridgehead atoms. The molecule has 5 aliphatic rings. The number of aliphatic hydroxyl groups is 3. The van der Waals surface area contributed by atoms with Crippen molar-refractivity contribution in [3.8, 4) is 11.5 Å².